The van der Waals surface area contributed by atoms with Gasteiger partial charge in [0, 0.05) is 17.9 Å². The van der Waals surface area contributed by atoms with Crippen molar-refractivity contribution >= 4 is 0 Å². The Morgan fingerprint density at radius 1 is 1.02 bits per heavy atom. The van der Waals surface area contributed by atoms with Crippen LogP contribution in [-0.2, 0) is 0 Å². The fraction of sp³-hybridized carbons (Fsp3) is 0.829. The molecule has 0 saturated heterocycles. The lowest BCUT2D eigenvalue weighted by molar-refractivity contribution is -0.199. The van der Waals surface area contributed by atoms with Crippen LogP contribution in [0.4, 0.5) is 22.0 Å². The van der Waals surface area contributed by atoms with Gasteiger partial charge < -0.3 is 10.2 Å². The van der Waals surface area contributed by atoms with E-state index in [0.717, 1.165) is 62.5 Å². The van der Waals surface area contributed by atoms with Crippen LogP contribution in [0, 0.1) is 47.3 Å². The van der Waals surface area contributed by atoms with Gasteiger partial charge in [0.15, 0.2) is 0 Å². The van der Waals surface area contributed by atoms with E-state index in [0.29, 0.717) is 44.1 Å². The molecule has 0 aromatic rings. The molecule has 5 aliphatic carbocycles. The number of rotatable bonds is 7. The molecule has 43 heavy (non-hydrogen) atoms. The van der Waals surface area contributed by atoms with Crippen molar-refractivity contribution in [2.75, 3.05) is 0 Å². The second-order valence-electron chi connectivity index (χ2n) is 14.6. The molecule has 4 fully saturated rings. The predicted molar refractivity (Wildman–Crippen MR) is 159 cm³/mol. The van der Waals surface area contributed by atoms with Crippen molar-refractivity contribution in [3.05, 3.63) is 35.5 Å². The van der Waals surface area contributed by atoms with Crippen LogP contribution in [-0.4, -0.2) is 41.2 Å². The molecule has 5 rings (SSSR count). The van der Waals surface area contributed by atoms with Crippen LogP contribution in [0.5, 0.6) is 0 Å². The predicted octanol–water partition coefficient (Wildman–Crippen LogP) is 8.73. The summed E-state index contributed by atoms with van der Waals surface area (Å²) < 4.78 is 71.7. The van der Waals surface area contributed by atoms with Crippen LogP contribution in [0.25, 0.3) is 0 Å². The molecule has 0 aromatic carbocycles. The van der Waals surface area contributed by atoms with Crippen LogP contribution < -0.4 is 5.32 Å². The third-order valence-corrected chi connectivity index (χ3v) is 12.0. The number of hydrogen-bond donors (Lipinski definition) is 3. The van der Waals surface area contributed by atoms with E-state index in [-0.39, 0.29) is 42.1 Å². The summed E-state index contributed by atoms with van der Waals surface area (Å²) in [5, 5.41) is 24.2. The van der Waals surface area contributed by atoms with Crippen LogP contribution >= 0.6 is 0 Å². The molecule has 3 N–H and O–H groups in total. The molecule has 0 bridgehead atoms. The largest absolute Gasteiger partial charge is 0.393 e. The number of alkyl halides is 5. The molecule has 0 heterocycles. The fourth-order valence-corrected chi connectivity index (χ4v) is 9.46. The summed E-state index contributed by atoms with van der Waals surface area (Å²) in [4.78, 5) is 0. The highest BCUT2D eigenvalue weighted by Crippen LogP contribution is 2.57. The zero-order valence-corrected chi connectivity index (χ0v) is 25.7. The fourth-order valence-electron chi connectivity index (χ4n) is 9.46. The summed E-state index contributed by atoms with van der Waals surface area (Å²) in [6.07, 6.45) is 6.42. The number of allylic oxidation sites excluding steroid dienone is 5. The third-order valence-electron chi connectivity index (χ3n) is 12.0. The van der Waals surface area contributed by atoms with Crippen molar-refractivity contribution in [3.63, 3.8) is 0 Å². The summed E-state index contributed by atoms with van der Waals surface area (Å²) >= 11 is 0. The first-order valence-corrected chi connectivity index (χ1v) is 17.0. The highest BCUT2D eigenvalue weighted by Gasteiger charge is 2.52. The van der Waals surface area contributed by atoms with Gasteiger partial charge in [-0.1, -0.05) is 55.2 Å². The molecule has 0 amide bonds. The van der Waals surface area contributed by atoms with E-state index in [1.807, 2.05) is 6.08 Å². The number of nitrogens with one attached hydrogen (secondary N) is 1. The lowest BCUT2D eigenvalue weighted by Crippen LogP contribution is -2.50. The maximum atomic E-state index is 14.5. The first-order valence-electron chi connectivity index (χ1n) is 17.0. The Bertz CT molecular complexity index is 1010. The molecule has 10 atom stereocenters. The summed E-state index contributed by atoms with van der Waals surface area (Å²) in [5.41, 5.74) is 2.97. The topological polar surface area (TPSA) is 52.5 Å². The third kappa shape index (κ3) is 7.60. The average molecular weight is 614 g/mol. The number of halogens is 5. The minimum atomic E-state index is -4.30. The van der Waals surface area contributed by atoms with E-state index in [1.165, 1.54) is 0 Å². The minimum Gasteiger partial charge on any atom is -0.393 e. The Kier molecular flexibility index (Phi) is 10.8. The number of aliphatic hydroxyl groups is 2. The quantitative estimate of drug-likeness (QED) is 0.153. The van der Waals surface area contributed by atoms with Gasteiger partial charge in [-0.15, -0.1) is 0 Å². The Balaban J connectivity index is 1.23. The van der Waals surface area contributed by atoms with Gasteiger partial charge in [0.2, 0.25) is 6.43 Å². The molecule has 0 aliphatic heterocycles. The second-order valence-corrected chi connectivity index (χ2v) is 14.6. The molecule has 4 saturated carbocycles. The number of hydrogen-bond acceptors (Lipinski definition) is 3. The highest BCUT2D eigenvalue weighted by molar-refractivity contribution is 5.35. The van der Waals surface area contributed by atoms with Crippen molar-refractivity contribution in [1.82, 2.24) is 5.32 Å². The molecule has 8 heteroatoms. The molecule has 0 radical (unpaired) electrons. The Hall–Kier alpha value is -1.25. The molecule has 5 aliphatic rings. The van der Waals surface area contributed by atoms with Crippen molar-refractivity contribution in [1.29, 1.82) is 0 Å². The Morgan fingerprint density at radius 3 is 2.47 bits per heavy atom. The first-order chi connectivity index (χ1) is 20.4. The molecule has 0 spiro atoms. The van der Waals surface area contributed by atoms with Gasteiger partial charge in [-0.25, -0.2) is 8.78 Å². The SMILES string of the molecule is C=C1C2CCCCC=C2C(C2CC(C(O)NC3CCC(CC=C4CCC(O)CC4)C(C(F)(F)F)C3)CCC2C)C1C(F)F. The molecular formula is C35H52F5NO2. The van der Waals surface area contributed by atoms with Gasteiger partial charge in [0.25, 0.3) is 0 Å². The van der Waals surface area contributed by atoms with Crippen LogP contribution in [0.1, 0.15) is 103 Å². The van der Waals surface area contributed by atoms with E-state index in [4.69, 9.17) is 0 Å². The first kappa shape index (κ1) is 33.1. The Labute approximate surface area is 254 Å². The van der Waals surface area contributed by atoms with Gasteiger partial charge in [-0.3, -0.25) is 5.32 Å². The van der Waals surface area contributed by atoms with Crippen molar-refractivity contribution < 1.29 is 32.2 Å². The molecular weight excluding hydrogens is 561 g/mol. The summed E-state index contributed by atoms with van der Waals surface area (Å²) in [6, 6.07) is -0.429. The second kappa shape index (κ2) is 14.0. The molecule has 0 aromatic heterocycles. The number of fused-ring (bicyclic) bond motifs is 1. The summed E-state index contributed by atoms with van der Waals surface area (Å²) in [7, 11) is 0. The summed E-state index contributed by atoms with van der Waals surface area (Å²) in [5.74, 6) is -2.95. The highest BCUT2D eigenvalue weighted by atomic mass is 19.4. The van der Waals surface area contributed by atoms with Gasteiger partial charge in [-0.05, 0) is 113 Å². The molecule has 3 nitrogen and oxygen atoms in total. The smallest absolute Gasteiger partial charge is 0.392 e. The molecule has 10 unspecified atom stereocenters. The van der Waals surface area contributed by atoms with E-state index in [9.17, 15) is 32.2 Å². The standard InChI is InChI=1S/C35H52F5NO2/c1-20-8-12-24(18-29(20)32-28-7-5-3-4-6-27(28)21(2)31(32)33(36)37)34(43)41-25-15-14-23(30(19-25)35(38,39)40)13-9-22-10-16-26(42)17-11-22/h7,9,20,23-27,29-34,41-43H,2-6,8,10-19H2,1H3. The molecule has 244 valence electrons. The average Bonchev–Trinajstić information content (AvgIpc) is 3.08. The lowest BCUT2D eigenvalue weighted by atomic mass is 9.65. The van der Waals surface area contributed by atoms with E-state index >= 15 is 0 Å². The van der Waals surface area contributed by atoms with Crippen molar-refractivity contribution in [2.45, 2.75) is 134 Å². The summed E-state index contributed by atoms with van der Waals surface area (Å²) in [6.45, 7) is 6.31. The lowest BCUT2D eigenvalue weighted by Gasteiger charge is -2.43. The van der Waals surface area contributed by atoms with Crippen molar-refractivity contribution in [2.24, 2.45) is 47.3 Å². The minimum absolute atomic E-state index is 0.00658. The van der Waals surface area contributed by atoms with Gasteiger partial charge >= 0.3 is 6.18 Å². The van der Waals surface area contributed by atoms with Gasteiger partial charge in [0.1, 0.15) is 6.23 Å². The van der Waals surface area contributed by atoms with Crippen LogP contribution in [0.15, 0.2) is 35.5 Å². The zero-order chi connectivity index (χ0) is 30.9. The Morgan fingerprint density at radius 2 is 1.77 bits per heavy atom. The van der Waals surface area contributed by atoms with Crippen LogP contribution in [0.2, 0.25) is 0 Å². The van der Waals surface area contributed by atoms with Gasteiger partial charge in [0.05, 0.1) is 12.0 Å². The zero-order valence-electron chi connectivity index (χ0n) is 25.7. The maximum absolute atomic E-state index is 14.5. The van der Waals surface area contributed by atoms with E-state index < -0.39 is 42.6 Å². The van der Waals surface area contributed by atoms with E-state index in [1.54, 1.807) is 0 Å². The monoisotopic (exact) mass is 613 g/mol. The van der Waals surface area contributed by atoms with Crippen molar-refractivity contribution in [3.8, 4) is 0 Å². The normalized spacial score (nSPS) is 40.2. The van der Waals surface area contributed by atoms with Gasteiger partial charge in [-0.2, -0.15) is 13.2 Å². The maximum Gasteiger partial charge on any atom is 0.392 e. The van der Waals surface area contributed by atoms with Crippen LogP contribution in [0.3, 0.4) is 0 Å². The number of aliphatic hydroxyl groups excluding tert-OH is 2. The van der Waals surface area contributed by atoms with E-state index in [2.05, 4.69) is 24.9 Å².